The third kappa shape index (κ3) is 3.49. The molecule has 4 aromatic rings. The first-order valence-corrected chi connectivity index (χ1v) is 11.6. The predicted octanol–water partition coefficient (Wildman–Crippen LogP) is 4.95. The van der Waals surface area contributed by atoms with Crippen molar-refractivity contribution in [3.05, 3.63) is 95.1 Å². The molecule has 1 N–H and O–H groups in total. The second-order valence-corrected chi connectivity index (χ2v) is 8.51. The average molecular weight is 468 g/mol. The van der Waals surface area contributed by atoms with Gasteiger partial charge in [-0.05, 0) is 49.7 Å². The number of fused-ring (bicyclic) bond motifs is 3. The Balaban J connectivity index is 1.59. The minimum Gasteiger partial charge on any atom is -0.493 e. The van der Waals surface area contributed by atoms with Gasteiger partial charge in [-0.2, -0.15) is 10.1 Å². The number of benzene rings is 2. The lowest BCUT2D eigenvalue weighted by Gasteiger charge is -2.39. The zero-order valence-corrected chi connectivity index (χ0v) is 19.7. The number of methoxy groups -OCH3 is 1. The van der Waals surface area contributed by atoms with Crippen LogP contribution in [-0.4, -0.2) is 33.5 Å². The van der Waals surface area contributed by atoms with Crippen molar-refractivity contribution in [2.24, 2.45) is 0 Å². The van der Waals surface area contributed by atoms with E-state index in [-0.39, 0.29) is 6.04 Å². The summed E-state index contributed by atoms with van der Waals surface area (Å²) in [4.78, 5) is 8.87. The summed E-state index contributed by atoms with van der Waals surface area (Å²) >= 11 is 0. The van der Waals surface area contributed by atoms with Crippen LogP contribution in [0.5, 0.6) is 17.2 Å². The van der Waals surface area contributed by atoms with E-state index in [1.807, 2.05) is 48.1 Å². The zero-order chi connectivity index (χ0) is 23.9. The molecule has 8 nitrogen and oxygen atoms in total. The lowest BCUT2D eigenvalue weighted by atomic mass is 9.84. The van der Waals surface area contributed by atoms with E-state index in [1.54, 1.807) is 19.6 Å². The molecule has 0 saturated heterocycles. The maximum Gasteiger partial charge on any atom is 0.226 e. The molecule has 0 spiro atoms. The molecule has 4 heterocycles. The second kappa shape index (κ2) is 8.47. The number of ether oxygens (including phenoxy) is 3. The molecule has 6 rings (SSSR count). The van der Waals surface area contributed by atoms with E-state index in [1.165, 1.54) is 0 Å². The Morgan fingerprint density at radius 1 is 1.09 bits per heavy atom. The van der Waals surface area contributed by atoms with Crippen LogP contribution in [0.2, 0.25) is 0 Å². The fraction of sp³-hybridized carbons (Fsp3) is 0.222. The van der Waals surface area contributed by atoms with Gasteiger partial charge in [0.2, 0.25) is 5.95 Å². The molecule has 2 aromatic heterocycles. The molecule has 2 aromatic carbocycles. The Labute approximate surface area is 203 Å². The summed E-state index contributed by atoms with van der Waals surface area (Å²) in [5.74, 6) is 2.84. The highest BCUT2D eigenvalue weighted by Crippen LogP contribution is 2.51. The van der Waals surface area contributed by atoms with Crippen molar-refractivity contribution < 1.29 is 14.2 Å². The van der Waals surface area contributed by atoms with Crippen molar-refractivity contribution in [2.75, 3.05) is 19.0 Å². The first-order chi connectivity index (χ1) is 17.2. The van der Waals surface area contributed by atoms with Crippen LogP contribution < -0.4 is 19.5 Å². The molecule has 0 amide bonds. The van der Waals surface area contributed by atoms with Crippen molar-refractivity contribution in [2.45, 2.75) is 26.0 Å². The van der Waals surface area contributed by atoms with E-state index in [9.17, 15) is 0 Å². The van der Waals surface area contributed by atoms with Crippen LogP contribution >= 0.6 is 0 Å². The number of hydrogen-bond acceptors (Lipinski definition) is 7. The van der Waals surface area contributed by atoms with Gasteiger partial charge in [-0.3, -0.25) is 4.98 Å². The number of aryl methyl sites for hydroxylation is 1. The van der Waals surface area contributed by atoms with Crippen LogP contribution in [-0.2, 0) is 0 Å². The summed E-state index contributed by atoms with van der Waals surface area (Å²) in [5, 5.41) is 8.10. The minimum absolute atomic E-state index is 0.256. The van der Waals surface area contributed by atoms with Crippen molar-refractivity contribution in [3.8, 4) is 17.2 Å². The fourth-order valence-electron chi connectivity index (χ4n) is 4.84. The van der Waals surface area contributed by atoms with Crippen molar-refractivity contribution >= 4 is 11.6 Å². The van der Waals surface area contributed by atoms with Crippen LogP contribution in [0.25, 0.3) is 5.70 Å². The fourth-order valence-corrected chi connectivity index (χ4v) is 4.84. The first kappa shape index (κ1) is 21.2. The number of nitrogens with one attached hydrogen (secondary N) is 1. The Hall–Kier alpha value is -4.33. The summed E-state index contributed by atoms with van der Waals surface area (Å²) < 4.78 is 20.0. The first-order valence-electron chi connectivity index (χ1n) is 11.6. The normalized spacial score (nSPS) is 18.0. The quantitative estimate of drug-likeness (QED) is 0.445. The van der Waals surface area contributed by atoms with E-state index >= 15 is 0 Å². The largest absolute Gasteiger partial charge is 0.493 e. The summed E-state index contributed by atoms with van der Waals surface area (Å²) in [6, 6.07) is 15.9. The van der Waals surface area contributed by atoms with Crippen LogP contribution in [0.4, 0.5) is 5.95 Å². The van der Waals surface area contributed by atoms with Gasteiger partial charge >= 0.3 is 0 Å². The van der Waals surface area contributed by atoms with Crippen LogP contribution in [0.3, 0.4) is 0 Å². The van der Waals surface area contributed by atoms with E-state index in [2.05, 4.69) is 45.5 Å². The zero-order valence-electron chi connectivity index (χ0n) is 19.7. The van der Waals surface area contributed by atoms with Crippen LogP contribution in [0, 0.1) is 6.92 Å². The topological polar surface area (TPSA) is 83.3 Å². The van der Waals surface area contributed by atoms with Crippen molar-refractivity contribution in [3.63, 3.8) is 0 Å². The SMILES string of the molecule is CCOc1ccc(C2Oc3ccc(C)cc3C3=C2C(c2cccnc2)n2ncnc2N3)cc1OC. The molecule has 2 atom stereocenters. The van der Waals surface area contributed by atoms with Crippen molar-refractivity contribution in [1.29, 1.82) is 0 Å². The Morgan fingerprint density at radius 3 is 2.80 bits per heavy atom. The molecule has 8 heteroatoms. The molecule has 35 heavy (non-hydrogen) atoms. The summed E-state index contributed by atoms with van der Waals surface area (Å²) in [6.45, 7) is 4.59. The van der Waals surface area contributed by atoms with Gasteiger partial charge in [0.15, 0.2) is 11.5 Å². The number of hydrogen-bond donors (Lipinski definition) is 1. The van der Waals surface area contributed by atoms with Crippen LogP contribution in [0.1, 0.15) is 41.3 Å². The lowest BCUT2D eigenvalue weighted by Crippen LogP contribution is -2.32. The highest BCUT2D eigenvalue weighted by molar-refractivity contribution is 5.85. The van der Waals surface area contributed by atoms with Crippen LogP contribution in [0.15, 0.2) is 72.8 Å². The molecule has 0 bridgehead atoms. The number of anilines is 1. The van der Waals surface area contributed by atoms with Gasteiger partial charge in [0.05, 0.1) is 19.4 Å². The average Bonchev–Trinajstić information content (AvgIpc) is 3.36. The number of rotatable bonds is 5. The van der Waals surface area contributed by atoms with Gasteiger partial charge in [-0.25, -0.2) is 4.68 Å². The highest BCUT2D eigenvalue weighted by atomic mass is 16.5. The van der Waals surface area contributed by atoms with Gasteiger partial charge in [-0.1, -0.05) is 23.8 Å². The van der Waals surface area contributed by atoms with Gasteiger partial charge in [0.25, 0.3) is 0 Å². The summed E-state index contributed by atoms with van der Waals surface area (Å²) in [6.07, 6.45) is 4.80. The Bertz CT molecular complexity index is 1430. The lowest BCUT2D eigenvalue weighted by molar-refractivity contribution is 0.222. The smallest absolute Gasteiger partial charge is 0.226 e. The Kier molecular flexibility index (Phi) is 5.13. The number of pyridine rings is 1. The molecule has 0 fully saturated rings. The maximum absolute atomic E-state index is 6.71. The monoisotopic (exact) mass is 467 g/mol. The molecule has 0 radical (unpaired) electrons. The van der Waals surface area contributed by atoms with Gasteiger partial charge in [-0.15, -0.1) is 0 Å². The third-order valence-electron chi connectivity index (χ3n) is 6.36. The van der Waals surface area contributed by atoms with E-state index in [4.69, 9.17) is 14.2 Å². The maximum atomic E-state index is 6.71. The van der Waals surface area contributed by atoms with E-state index in [0.717, 1.165) is 39.3 Å². The summed E-state index contributed by atoms with van der Waals surface area (Å²) in [7, 11) is 1.65. The van der Waals surface area contributed by atoms with Gasteiger partial charge < -0.3 is 19.5 Å². The molecule has 176 valence electrons. The number of nitrogens with zero attached hydrogens (tertiary/aromatic N) is 4. The molecular weight excluding hydrogens is 442 g/mol. The molecule has 0 aliphatic carbocycles. The molecular formula is C27H25N5O3. The highest BCUT2D eigenvalue weighted by Gasteiger charge is 2.41. The third-order valence-corrected chi connectivity index (χ3v) is 6.36. The minimum atomic E-state index is -0.403. The molecule has 0 saturated carbocycles. The summed E-state index contributed by atoms with van der Waals surface area (Å²) in [5.41, 5.74) is 6.09. The van der Waals surface area contributed by atoms with E-state index < -0.39 is 6.10 Å². The van der Waals surface area contributed by atoms with E-state index in [0.29, 0.717) is 24.1 Å². The second-order valence-electron chi connectivity index (χ2n) is 8.51. The van der Waals surface area contributed by atoms with Crippen molar-refractivity contribution in [1.82, 2.24) is 19.7 Å². The number of aromatic nitrogens is 4. The van der Waals surface area contributed by atoms with Gasteiger partial charge in [0, 0.05) is 29.1 Å². The predicted molar refractivity (Wildman–Crippen MR) is 132 cm³/mol. The molecule has 2 aliphatic rings. The molecule has 2 aliphatic heterocycles. The van der Waals surface area contributed by atoms with Gasteiger partial charge in [0.1, 0.15) is 24.2 Å². The standard InChI is InChI=1S/C27H25N5O3/c1-4-34-21-10-8-17(13-22(21)33-3)26-23-24(19-12-16(2)7-9-20(19)35-26)31-27-29-15-30-32(27)25(23)18-6-5-11-28-14-18/h5-15,25-26H,4H2,1-3H3,(H,29,30,31). The molecule has 2 unspecified atom stereocenters. The Morgan fingerprint density at radius 2 is 2.00 bits per heavy atom.